The fraction of sp³-hybridized carbons (Fsp3) is 0.545. The predicted molar refractivity (Wildman–Crippen MR) is 496 cm³/mol. The van der Waals surface area contributed by atoms with E-state index in [1.807, 2.05) is 20.6 Å². The van der Waals surface area contributed by atoms with Crippen molar-refractivity contribution in [1.82, 2.24) is 72.7 Å². The van der Waals surface area contributed by atoms with Crippen LogP contribution < -0.4 is 28.7 Å². The monoisotopic (exact) mass is 1890 g/mol. The SMILES string of the molecule is C=P(C)(C)CC[C@H]1O[C@@H](n2cnc3c(N)ccnc32)[C@H](Br)[C@@H]1O.C=P(C)(C)CC[C@H]1O[C@@H](n2cnc3c(N)ccnc32)[C@H](C)[C@@H]1O.C=P(C)(C)CC[C@H]1O[C@@H](n2cnc3c(N)ccnc32)[C@H](Cl)[C@@H]1O.C=P(C)(C)CC[C@H]1O[C@@H](n2cnc3c(N)ccnc32)[C@H](I)[C@@H]1O.C=P(C)(C)CC[C@H]1O[C@@H](n2cnc3c(N)ccnc32)[C@H](OC)[C@@H]1O. The van der Waals surface area contributed by atoms with Gasteiger partial charge in [0.1, 0.15) is 57.5 Å². The van der Waals surface area contributed by atoms with Crippen LogP contribution in [0.4, 0.5) is 28.4 Å². The number of aromatic nitrogens is 15. The van der Waals surface area contributed by atoms with Gasteiger partial charge >= 0.3 is 0 Å². The highest BCUT2D eigenvalue weighted by molar-refractivity contribution is 14.1. The maximum absolute atomic E-state index is 10.6. The van der Waals surface area contributed by atoms with Crippen LogP contribution in [-0.4, -0.2) is 316 Å². The second-order valence-corrected chi connectivity index (χ2v) is 58.6. The molecule has 0 unspecified atom stereocenters. The number of imidazole rings is 5. The zero-order valence-electron chi connectivity index (χ0n) is 68.0. The highest BCUT2D eigenvalue weighted by Crippen LogP contribution is 2.48. The van der Waals surface area contributed by atoms with Gasteiger partial charge in [-0.2, -0.15) is 0 Å². The number of nitrogen functional groups attached to an aromatic ring is 5. The normalized spacial score (nSPS) is 28.4. The Hall–Kier alpha value is -5.34. The minimum atomic E-state index is -1.18. The van der Waals surface area contributed by atoms with Gasteiger partial charge in [-0.25, -0.2) is 49.8 Å². The molecule has 31 nitrogen and oxygen atoms in total. The highest BCUT2D eigenvalue weighted by Gasteiger charge is 2.49. The van der Waals surface area contributed by atoms with Crippen LogP contribution in [0.25, 0.3) is 55.8 Å². The number of ether oxygens (including phenoxy) is 6. The van der Waals surface area contributed by atoms with Gasteiger partial charge in [-0.1, -0.05) is 45.4 Å². The molecule has 20 atom stereocenters. The Kier molecular flexibility index (Phi) is 29.6. The molecule has 10 aromatic heterocycles. The quantitative estimate of drug-likeness (QED) is 0.0182. The van der Waals surface area contributed by atoms with Crippen LogP contribution in [0.5, 0.6) is 0 Å². The lowest BCUT2D eigenvalue weighted by Crippen LogP contribution is -2.33. The van der Waals surface area contributed by atoms with E-state index in [9.17, 15) is 25.5 Å². The Balaban J connectivity index is 0.000000143. The molecular weight excluding hydrogens is 1780 g/mol. The summed E-state index contributed by atoms with van der Waals surface area (Å²) in [7, 11) is 1.58. The average Bonchev–Trinajstić information content (AvgIpc) is 1.65. The van der Waals surface area contributed by atoms with Gasteiger partial charge in [0, 0.05) is 44.0 Å². The average molecular weight is 1900 g/mol. The van der Waals surface area contributed by atoms with Crippen molar-refractivity contribution < 1.29 is 54.0 Å². The summed E-state index contributed by atoms with van der Waals surface area (Å²) < 4.78 is 45.1. The first-order valence-electron chi connectivity index (χ1n) is 38.3. The maximum atomic E-state index is 10.6. The Morgan fingerprint density at radius 3 is 1.00 bits per heavy atom. The van der Waals surface area contributed by atoms with Crippen molar-refractivity contribution in [3.8, 4) is 0 Å². The summed E-state index contributed by atoms with van der Waals surface area (Å²) in [5.74, 6) is -0.0353. The van der Waals surface area contributed by atoms with Crippen molar-refractivity contribution in [2.24, 2.45) is 5.92 Å². The molecule has 0 aliphatic carbocycles. The first-order valence-corrected chi connectivity index (χ1v) is 56.1. The van der Waals surface area contributed by atoms with E-state index in [0.717, 1.165) is 62.9 Å². The van der Waals surface area contributed by atoms with Gasteiger partial charge < -0.3 is 82.6 Å². The lowest BCUT2D eigenvalue weighted by atomic mass is 10.0. The van der Waals surface area contributed by atoms with Crippen LogP contribution >= 0.6 is 84.6 Å². The van der Waals surface area contributed by atoms with E-state index in [2.05, 4.69) is 187 Å². The third-order valence-electron chi connectivity index (χ3n) is 21.1. The summed E-state index contributed by atoms with van der Waals surface area (Å²) in [5.41, 5.74) is 39.1. The fourth-order valence-corrected chi connectivity index (χ4v) is 21.3. The molecule has 15 N–H and O–H groups in total. The summed E-state index contributed by atoms with van der Waals surface area (Å²) in [6.07, 6.45) is 39.9. The van der Waals surface area contributed by atoms with Crippen molar-refractivity contribution in [3.05, 3.63) is 93.0 Å². The summed E-state index contributed by atoms with van der Waals surface area (Å²) in [4.78, 5) is 43.1. The topological polar surface area (TPSA) is 440 Å². The number of hydrogen-bond donors (Lipinski definition) is 10. The van der Waals surface area contributed by atoms with Crippen molar-refractivity contribution in [3.63, 3.8) is 0 Å². The summed E-state index contributed by atoms with van der Waals surface area (Å²) in [6, 6.07) is 8.59. The molecule has 10 aromatic rings. The van der Waals surface area contributed by atoms with Crippen LogP contribution in [0.1, 0.15) is 70.2 Å². The largest absolute Gasteiger partial charge is 0.397 e. The van der Waals surface area contributed by atoms with Gasteiger partial charge in [0.25, 0.3) is 0 Å². The van der Waals surface area contributed by atoms with Gasteiger partial charge in [-0.3, -0.25) is 22.8 Å². The Morgan fingerprint density at radius 2 is 0.655 bits per heavy atom. The number of fused-ring (bicyclic) bond motifs is 5. The molecule has 0 bridgehead atoms. The predicted octanol–water partition coefficient (Wildman–Crippen LogP) is 9.68. The van der Waals surface area contributed by atoms with Gasteiger partial charge in [-0.15, -0.1) is 77.5 Å². The van der Waals surface area contributed by atoms with E-state index in [1.165, 1.54) is 0 Å². The molecule has 15 heterocycles. The first kappa shape index (κ1) is 91.4. The Bertz CT molecular complexity index is 4790. The van der Waals surface area contributed by atoms with Gasteiger partial charge in [0.05, 0.1) is 118 Å². The van der Waals surface area contributed by atoms with Crippen LogP contribution in [-0.2, 0) is 28.4 Å². The first-order chi connectivity index (χ1) is 54.4. The summed E-state index contributed by atoms with van der Waals surface area (Å²) in [5, 5.41) is 52.0. The molecule has 0 spiro atoms. The number of hydrogen-bond acceptors (Lipinski definition) is 26. The summed E-state index contributed by atoms with van der Waals surface area (Å²) in [6.45, 7) is 18.1. The minimum absolute atomic E-state index is 0.0353. The van der Waals surface area contributed by atoms with Crippen LogP contribution in [0, 0.1) is 5.92 Å². The standard InChI is InChI=1S/C16H25N4O3P.C16H25N4O2P.C15H22BrN4O2P.C15H22ClN4O2P.C15H22IN4O2P/c1-22-14-13(21)11(6-8-24(2,3)4)23-16(14)20-9-19-12-10(17)5-7-18-15(12)20;1-10-14(21)12(6-8-23(2,3)4)22-16(10)20-9-19-13-11(17)5-7-18-15(13)20;3*1-23(2,3)7-5-10-13(21)11(16)15(22-10)20-8-19-12-9(17)4-6-18-14(12)20/h5,7,9,11,13-14,16,21H,2,6,8H2,1,3-4H3,(H2,17,18);5,7,9-10,12,14,16,21H,2,6,8H2,1,3-4H3,(H2,17,18);3*4,6,8,10-11,13,15,21H,1,5,7H2,2-3H3,(H2,17,18)/t11-,13-,14-,16-;10-,12-,14+,16-;3*10-,11-,13-,15-/m11111/s1. The molecule has 15 rings (SSSR count). The number of pyridine rings is 5. The second-order valence-electron chi connectivity index (χ2n) is 34.0. The number of halogens is 3. The maximum Gasteiger partial charge on any atom is 0.165 e. The van der Waals surface area contributed by atoms with Crippen molar-refractivity contribution in [2.45, 2.75) is 151 Å². The molecule has 39 heteroatoms. The number of nitrogens with zero attached hydrogens (tertiary/aromatic N) is 15. The summed E-state index contributed by atoms with van der Waals surface area (Å²) >= 11 is 12.2. The van der Waals surface area contributed by atoms with Gasteiger partial charge in [0.15, 0.2) is 53.1 Å². The van der Waals surface area contributed by atoms with E-state index in [1.54, 1.807) is 109 Å². The van der Waals surface area contributed by atoms with E-state index < -0.39 is 88.9 Å². The van der Waals surface area contributed by atoms with Crippen molar-refractivity contribution in [2.75, 3.05) is 133 Å². The van der Waals surface area contributed by atoms with E-state index in [-0.39, 0.29) is 63.9 Å². The lowest BCUT2D eigenvalue weighted by molar-refractivity contribution is -0.0496. The van der Waals surface area contributed by atoms with E-state index in [4.69, 9.17) is 68.7 Å². The van der Waals surface area contributed by atoms with Gasteiger partial charge in [-0.05, 0) is 160 Å². The molecule has 0 aromatic carbocycles. The number of rotatable bonds is 21. The number of methoxy groups -OCH3 is 1. The number of aliphatic hydroxyl groups excluding tert-OH is 5. The smallest absolute Gasteiger partial charge is 0.165 e. The molecule has 116 heavy (non-hydrogen) atoms. The van der Waals surface area contributed by atoms with Gasteiger partial charge in [0.2, 0.25) is 0 Å². The molecule has 5 aliphatic rings. The minimum Gasteiger partial charge on any atom is -0.397 e. The molecule has 0 radical (unpaired) electrons. The van der Waals surface area contributed by atoms with E-state index in [0.29, 0.717) is 84.3 Å². The molecule has 5 saturated heterocycles. The molecule has 5 aliphatic heterocycles. The molecule has 0 amide bonds. The van der Waals surface area contributed by atoms with Crippen LogP contribution in [0.15, 0.2) is 93.0 Å². The molecule has 636 valence electrons. The Morgan fingerprint density at radius 1 is 0.397 bits per heavy atom. The Labute approximate surface area is 705 Å². The zero-order chi connectivity index (χ0) is 84.6. The highest BCUT2D eigenvalue weighted by atomic mass is 127. The molecule has 5 fully saturated rings. The number of alkyl halides is 3. The number of nitrogens with two attached hydrogens (primary N) is 5. The number of anilines is 5. The number of aliphatic hydroxyl groups is 5. The van der Waals surface area contributed by atoms with Crippen LogP contribution in [0.3, 0.4) is 0 Å². The third-order valence-corrected chi connectivity index (χ3v) is 31.2. The van der Waals surface area contributed by atoms with E-state index >= 15 is 0 Å². The van der Waals surface area contributed by atoms with Crippen LogP contribution in [0.2, 0.25) is 0 Å². The molecular formula is C77H116BrClIN20O11P5. The fourth-order valence-electron chi connectivity index (χ4n) is 14.5. The van der Waals surface area contributed by atoms with Crippen molar-refractivity contribution >= 4 is 200 Å². The second kappa shape index (κ2) is 37.6. The third kappa shape index (κ3) is 21.6. The lowest BCUT2D eigenvalue weighted by Gasteiger charge is -2.20. The van der Waals surface area contributed by atoms with Crippen molar-refractivity contribution in [1.29, 1.82) is 0 Å². The zero-order valence-corrected chi connectivity index (χ0v) is 76.9. The molecule has 0 saturated carbocycles.